The Labute approximate surface area is 232 Å². The molecular weight excluding hydrogens is 504 g/mol. The second kappa shape index (κ2) is 12.4. The molecule has 0 aromatic heterocycles. The van der Waals surface area contributed by atoms with Crippen molar-refractivity contribution < 1.29 is 19.2 Å². The summed E-state index contributed by atoms with van der Waals surface area (Å²) in [5, 5.41) is 4.13. The number of amides is 4. The maximum atomic E-state index is 12.6. The van der Waals surface area contributed by atoms with Gasteiger partial charge < -0.3 is 0 Å². The minimum atomic E-state index is -0.294. The fourth-order valence-electron chi connectivity index (χ4n) is 5.41. The molecule has 0 bridgehead atoms. The molecular formula is C32H32N4O4. The van der Waals surface area contributed by atoms with Crippen LogP contribution >= 0.6 is 0 Å². The molecule has 0 saturated heterocycles. The molecule has 4 aromatic carbocycles. The van der Waals surface area contributed by atoms with Crippen molar-refractivity contribution in [2.75, 3.05) is 0 Å². The standard InChI is InChI=1S/C32H32N4O4/c37-29(19-25-11-5-9-21-7-1-3-13-27(21)25)33-35-31(39)23-15-17-24(18-16-23)32(40)36-34-30(38)20-26-12-6-10-22-8-2-4-14-28(22)26/h1-14,23-24H,15-20H2,(H,33,37)(H,34,38)(H,35,39)(H,36,40). The highest BCUT2D eigenvalue weighted by atomic mass is 16.2. The molecule has 0 radical (unpaired) electrons. The van der Waals surface area contributed by atoms with E-state index in [4.69, 9.17) is 0 Å². The largest absolute Gasteiger partial charge is 0.273 e. The molecule has 1 aliphatic rings. The van der Waals surface area contributed by atoms with Gasteiger partial charge in [-0.05, 0) is 58.4 Å². The Morgan fingerprint density at radius 1 is 0.500 bits per heavy atom. The first-order valence-corrected chi connectivity index (χ1v) is 13.6. The van der Waals surface area contributed by atoms with Crippen molar-refractivity contribution in [3.05, 3.63) is 96.1 Å². The van der Waals surface area contributed by atoms with Crippen LogP contribution in [-0.4, -0.2) is 23.6 Å². The molecule has 1 saturated carbocycles. The van der Waals surface area contributed by atoms with Crippen molar-refractivity contribution in [3.8, 4) is 0 Å². The fraction of sp³-hybridized carbons (Fsp3) is 0.250. The van der Waals surface area contributed by atoms with Gasteiger partial charge in [0.25, 0.3) is 0 Å². The number of hydrazine groups is 2. The van der Waals surface area contributed by atoms with Crippen molar-refractivity contribution in [2.24, 2.45) is 11.8 Å². The summed E-state index contributed by atoms with van der Waals surface area (Å²) in [6.07, 6.45) is 2.39. The smallest absolute Gasteiger partial charge is 0.242 e. The monoisotopic (exact) mass is 536 g/mol. The zero-order valence-corrected chi connectivity index (χ0v) is 22.1. The van der Waals surface area contributed by atoms with Crippen LogP contribution in [0.1, 0.15) is 36.8 Å². The van der Waals surface area contributed by atoms with Crippen LogP contribution in [0.15, 0.2) is 84.9 Å². The predicted molar refractivity (Wildman–Crippen MR) is 153 cm³/mol. The summed E-state index contributed by atoms with van der Waals surface area (Å²) in [7, 11) is 0. The van der Waals surface area contributed by atoms with Gasteiger partial charge in [-0.3, -0.25) is 40.9 Å². The highest BCUT2D eigenvalue weighted by Gasteiger charge is 2.30. The van der Waals surface area contributed by atoms with E-state index in [2.05, 4.69) is 21.7 Å². The molecule has 204 valence electrons. The summed E-state index contributed by atoms with van der Waals surface area (Å²) in [5.41, 5.74) is 11.9. The van der Waals surface area contributed by atoms with Crippen molar-refractivity contribution in [3.63, 3.8) is 0 Å². The van der Waals surface area contributed by atoms with Gasteiger partial charge in [0.15, 0.2) is 0 Å². The summed E-state index contributed by atoms with van der Waals surface area (Å²) < 4.78 is 0. The number of carbonyl (C=O) groups is 4. The van der Waals surface area contributed by atoms with E-state index in [-0.39, 0.29) is 48.3 Å². The lowest BCUT2D eigenvalue weighted by atomic mass is 9.81. The Hall–Kier alpha value is -4.72. The maximum absolute atomic E-state index is 12.6. The van der Waals surface area contributed by atoms with E-state index in [1.165, 1.54) is 0 Å². The number of benzene rings is 4. The Morgan fingerprint density at radius 3 is 1.30 bits per heavy atom. The van der Waals surface area contributed by atoms with E-state index in [1.54, 1.807) is 0 Å². The third-order valence-corrected chi connectivity index (χ3v) is 7.58. The van der Waals surface area contributed by atoms with Crippen LogP contribution in [0, 0.1) is 11.8 Å². The van der Waals surface area contributed by atoms with Gasteiger partial charge in [-0.15, -0.1) is 0 Å². The molecule has 0 aliphatic heterocycles. The number of fused-ring (bicyclic) bond motifs is 2. The zero-order valence-electron chi connectivity index (χ0n) is 22.1. The van der Waals surface area contributed by atoms with Gasteiger partial charge in [0.1, 0.15) is 0 Å². The van der Waals surface area contributed by atoms with Gasteiger partial charge in [-0.1, -0.05) is 84.9 Å². The van der Waals surface area contributed by atoms with Gasteiger partial charge >= 0.3 is 0 Å². The van der Waals surface area contributed by atoms with Crippen molar-refractivity contribution >= 4 is 45.2 Å². The van der Waals surface area contributed by atoms with E-state index in [1.807, 2.05) is 84.9 Å². The molecule has 0 heterocycles. The minimum Gasteiger partial charge on any atom is -0.273 e. The average Bonchev–Trinajstić information content (AvgIpc) is 2.99. The van der Waals surface area contributed by atoms with Gasteiger partial charge in [-0.25, -0.2) is 0 Å². The number of hydrogen-bond acceptors (Lipinski definition) is 4. The van der Waals surface area contributed by atoms with Crippen LogP contribution in [0.4, 0.5) is 0 Å². The van der Waals surface area contributed by atoms with Crippen LogP contribution in [-0.2, 0) is 32.0 Å². The summed E-state index contributed by atoms with van der Waals surface area (Å²) in [6.45, 7) is 0. The van der Waals surface area contributed by atoms with Gasteiger partial charge in [0.2, 0.25) is 23.6 Å². The van der Waals surface area contributed by atoms with Gasteiger partial charge in [0, 0.05) is 11.8 Å². The molecule has 0 atom stereocenters. The lowest BCUT2D eigenvalue weighted by molar-refractivity contribution is -0.134. The summed E-state index contributed by atoms with van der Waals surface area (Å²) in [4.78, 5) is 50.2. The number of rotatable bonds is 6. The van der Waals surface area contributed by atoms with Crippen LogP contribution in [0.2, 0.25) is 0 Å². The highest BCUT2D eigenvalue weighted by molar-refractivity contribution is 5.92. The molecule has 0 unspecified atom stereocenters. The van der Waals surface area contributed by atoms with Gasteiger partial charge in [-0.2, -0.15) is 0 Å². The third kappa shape index (κ3) is 6.46. The second-order valence-electron chi connectivity index (χ2n) is 10.3. The molecule has 0 spiro atoms. The first-order valence-electron chi connectivity index (χ1n) is 13.6. The molecule has 4 amide bonds. The molecule has 4 aromatic rings. The Balaban J connectivity index is 1.03. The molecule has 40 heavy (non-hydrogen) atoms. The molecule has 5 rings (SSSR count). The van der Waals surface area contributed by atoms with Crippen molar-refractivity contribution in [1.29, 1.82) is 0 Å². The number of nitrogens with one attached hydrogen (secondary N) is 4. The maximum Gasteiger partial charge on any atom is 0.242 e. The Kier molecular flexibility index (Phi) is 8.35. The Bertz CT molecular complexity index is 1430. The summed E-state index contributed by atoms with van der Waals surface area (Å²) >= 11 is 0. The SMILES string of the molecule is O=C(Cc1cccc2ccccc12)NNC(=O)C1CCC(C(=O)NNC(=O)Cc2cccc3ccccc23)CC1. The minimum absolute atomic E-state index is 0.154. The zero-order chi connectivity index (χ0) is 27.9. The molecule has 1 aliphatic carbocycles. The van der Waals surface area contributed by atoms with E-state index >= 15 is 0 Å². The lowest BCUT2D eigenvalue weighted by Gasteiger charge is -2.27. The van der Waals surface area contributed by atoms with Crippen molar-refractivity contribution in [1.82, 2.24) is 21.7 Å². The first-order chi connectivity index (χ1) is 19.5. The van der Waals surface area contributed by atoms with Gasteiger partial charge in [0.05, 0.1) is 12.8 Å². The van der Waals surface area contributed by atoms with E-state index in [0.717, 1.165) is 32.7 Å². The van der Waals surface area contributed by atoms with Crippen LogP contribution < -0.4 is 21.7 Å². The first kappa shape index (κ1) is 26.9. The second-order valence-corrected chi connectivity index (χ2v) is 10.3. The number of carbonyl (C=O) groups excluding carboxylic acids is 4. The molecule has 4 N–H and O–H groups in total. The summed E-state index contributed by atoms with van der Waals surface area (Å²) in [5.74, 6) is -1.68. The predicted octanol–water partition coefficient (Wildman–Crippen LogP) is 3.88. The van der Waals surface area contributed by atoms with Crippen LogP contribution in [0.25, 0.3) is 21.5 Å². The van der Waals surface area contributed by atoms with Crippen LogP contribution in [0.3, 0.4) is 0 Å². The lowest BCUT2D eigenvalue weighted by Crippen LogP contribution is -2.48. The molecule has 1 fully saturated rings. The van der Waals surface area contributed by atoms with Crippen LogP contribution in [0.5, 0.6) is 0 Å². The topological polar surface area (TPSA) is 116 Å². The van der Waals surface area contributed by atoms with Crippen molar-refractivity contribution in [2.45, 2.75) is 38.5 Å². The summed E-state index contributed by atoms with van der Waals surface area (Å²) in [6, 6.07) is 27.3. The highest BCUT2D eigenvalue weighted by Crippen LogP contribution is 2.29. The normalized spacial score (nSPS) is 16.7. The molecule has 8 nitrogen and oxygen atoms in total. The average molecular weight is 537 g/mol. The third-order valence-electron chi connectivity index (χ3n) is 7.58. The fourth-order valence-corrected chi connectivity index (χ4v) is 5.41. The molecule has 8 heteroatoms. The quantitative estimate of drug-likeness (QED) is 0.280. The number of hydrogen-bond donors (Lipinski definition) is 4. The Morgan fingerprint density at radius 2 is 0.875 bits per heavy atom. The van der Waals surface area contributed by atoms with E-state index in [0.29, 0.717) is 25.7 Å². The van der Waals surface area contributed by atoms with E-state index < -0.39 is 0 Å². The van der Waals surface area contributed by atoms with E-state index in [9.17, 15) is 19.2 Å².